The molecule has 0 amide bonds. The molecule has 1 heterocycles. The number of aromatic nitrogens is 2. The van der Waals surface area contributed by atoms with Crippen molar-refractivity contribution < 1.29 is 4.74 Å². The number of anilines is 1. The number of hydrogen-bond acceptors (Lipinski definition) is 5. The maximum atomic E-state index is 9.55. The van der Waals surface area contributed by atoms with E-state index in [1.807, 2.05) is 6.92 Å². The molecule has 5 heteroatoms. The van der Waals surface area contributed by atoms with Gasteiger partial charge in [0.1, 0.15) is 11.6 Å². The van der Waals surface area contributed by atoms with Gasteiger partial charge < -0.3 is 9.64 Å². The van der Waals surface area contributed by atoms with E-state index in [1.54, 1.807) is 7.11 Å². The average molecular weight is 274 g/mol. The molecule has 0 atom stereocenters. The molecule has 0 unspecified atom stereocenters. The minimum Gasteiger partial charge on any atom is -0.383 e. The molecule has 2 rings (SSSR count). The number of hydrogen-bond donors (Lipinski definition) is 0. The summed E-state index contributed by atoms with van der Waals surface area (Å²) in [5, 5.41) is 18.2. The van der Waals surface area contributed by atoms with Crippen LogP contribution in [-0.2, 0) is 17.6 Å². The number of rotatable bonds is 7. The van der Waals surface area contributed by atoms with Crippen molar-refractivity contribution in [2.75, 3.05) is 25.2 Å². The van der Waals surface area contributed by atoms with Crippen LogP contribution < -0.4 is 4.90 Å². The quantitative estimate of drug-likeness (QED) is 0.762. The Morgan fingerprint density at radius 1 is 1.30 bits per heavy atom. The SMILES string of the molecule is CCc1nnc(N(CCOC)C2CC2)c(C#N)c1CC. The molecule has 20 heavy (non-hydrogen) atoms. The molecule has 0 N–H and O–H groups in total. The van der Waals surface area contributed by atoms with Crippen LogP contribution in [0.2, 0.25) is 0 Å². The molecule has 0 aromatic carbocycles. The van der Waals surface area contributed by atoms with E-state index in [9.17, 15) is 5.26 Å². The Morgan fingerprint density at radius 2 is 2.05 bits per heavy atom. The zero-order valence-electron chi connectivity index (χ0n) is 12.5. The van der Waals surface area contributed by atoms with Crippen molar-refractivity contribution in [1.82, 2.24) is 10.2 Å². The molecular formula is C15H22N4O. The topological polar surface area (TPSA) is 62.0 Å². The Morgan fingerprint density at radius 3 is 2.55 bits per heavy atom. The van der Waals surface area contributed by atoms with Gasteiger partial charge in [-0.15, -0.1) is 5.10 Å². The van der Waals surface area contributed by atoms with Gasteiger partial charge in [0.25, 0.3) is 0 Å². The van der Waals surface area contributed by atoms with Crippen LogP contribution in [0, 0.1) is 11.3 Å². The molecule has 1 fully saturated rings. The van der Waals surface area contributed by atoms with Crippen molar-refractivity contribution in [1.29, 1.82) is 5.26 Å². The van der Waals surface area contributed by atoms with Crippen LogP contribution in [-0.4, -0.2) is 36.5 Å². The summed E-state index contributed by atoms with van der Waals surface area (Å²) in [4.78, 5) is 2.19. The van der Waals surface area contributed by atoms with Crippen LogP contribution in [0.25, 0.3) is 0 Å². The van der Waals surface area contributed by atoms with Crippen molar-refractivity contribution >= 4 is 5.82 Å². The number of nitriles is 1. The molecule has 0 saturated heterocycles. The largest absolute Gasteiger partial charge is 0.383 e. The molecule has 0 bridgehead atoms. The zero-order valence-corrected chi connectivity index (χ0v) is 12.5. The minimum absolute atomic E-state index is 0.490. The van der Waals surface area contributed by atoms with Gasteiger partial charge in [0, 0.05) is 19.7 Å². The third-order valence-corrected chi connectivity index (χ3v) is 3.74. The summed E-state index contributed by atoms with van der Waals surface area (Å²) in [6.45, 7) is 5.52. The lowest BCUT2D eigenvalue weighted by atomic mass is 10.0. The van der Waals surface area contributed by atoms with E-state index in [1.165, 1.54) is 0 Å². The van der Waals surface area contributed by atoms with Gasteiger partial charge in [-0.3, -0.25) is 0 Å². The van der Waals surface area contributed by atoms with E-state index in [0.29, 0.717) is 18.2 Å². The van der Waals surface area contributed by atoms with Crippen LogP contribution in [0.3, 0.4) is 0 Å². The van der Waals surface area contributed by atoms with Gasteiger partial charge in [-0.1, -0.05) is 13.8 Å². The van der Waals surface area contributed by atoms with Crippen molar-refractivity contribution in [3.63, 3.8) is 0 Å². The van der Waals surface area contributed by atoms with Crippen molar-refractivity contribution in [3.05, 3.63) is 16.8 Å². The van der Waals surface area contributed by atoms with Gasteiger partial charge in [-0.2, -0.15) is 10.4 Å². The molecular weight excluding hydrogens is 252 g/mol. The van der Waals surface area contributed by atoms with Crippen LogP contribution >= 0.6 is 0 Å². The second-order valence-corrected chi connectivity index (χ2v) is 5.06. The fourth-order valence-corrected chi connectivity index (χ4v) is 2.52. The van der Waals surface area contributed by atoms with Crippen LogP contribution in [0.4, 0.5) is 5.82 Å². The molecule has 1 aromatic heterocycles. The Labute approximate surface area is 120 Å². The summed E-state index contributed by atoms with van der Waals surface area (Å²) < 4.78 is 5.17. The number of ether oxygens (including phenoxy) is 1. The fourth-order valence-electron chi connectivity index (χ4n) is 2.52. The monoisotopic (exact) mass is 274 g/mol. The molecule has 1 aromatic rings. The molecule has 0 radical (unpaired) electrons. The molecule has 0 aliphatic heterocycles. The van der Waals surface area contributed by atoms with E-state index in [-0.39, 0.29) is 0 Å². The van der Waals surface area contributed by atoms with Crippen molar-refractivity contribution in [3.8, 4) is 6.07 Å². The fraction of sp³-hybridized carbons (Fsp3) is 0.667. The van der Waals surface area contributed by atoms with E-state index in [2.05, 4.69) is 28.1 Å². The zero-order chi connectivity index (χ0) is 14.5. The van der Waals surface area contributed by atoms with Gasteiger partial charge in [-0.05, 0) is 31.2 Å². The lowest BCUT2D eigenvalue weighted by molar-refractivity contribution is 0.204. The highest BCUT2D eigenvalue weighted by molar-refractivity contribution is 5.59. The minimum atomic E-state index is 0.490. The molecule has 5 nitrogen and oxygen atoms in total. The van der Waals surface area contributed by atoms with Gasteiger partial charge >= 0.3 is 0 Å². The number of methoxy groups -OCH3 is 1. The lowest BCUT2D eigenvalue weighted by Gasteiger charge is -2.24. The first kappa shape index (κ1) is 14.7. The van der Waals surface area contributed by atoms with E-state index < -0.39 is 0 Å². The Balaban J connectivity index is 2.41. The van der Waals surface area contributed by atoms with Crippen molar-refractivity contribution in [2.45, 2.75) is 45.6 Å². The number of aryl methyl sites for hydroxylation is 1. The highest BCUT2D eigenvalue weighted by atomic mass is 16.5. The highest BCUT2D eigenvalue weighted by Gasteiger charge is 2.32. The summed E-state index contributed by atoms with van der Waals surface area (Å²) in [5.74, 6) is 0.737. The van der Waals surface area contributed by atoms with Gasteiger partial charge in [-0.25, -0.2) is 0 Å². The molecule has 0 spiro atoms. The second-order valence-electron chi connectivity index (χ2n) is 5.06. The Hall–Kier alpha value is -1.67. The third kappa shape index (κ3) is 2.91. The smallest absolute Gasteiger partial charge is 0.169 e. The summed E-state index contributed by atoms with van der Waals surface area (Å²) in [6.07, 6.45) is 3.95. The van der Waals surface area contributed by atoms with Crippen LogP contribution in [0.1, 0.15) is 43.5 Å². The standard InChI is InChI=1S/C15H22N4O/c1-4-12-13(10-16)15(18-17-14(12)5-2)19(8-9-20-3)11-6-7-11/h11H,4-9H2,1-3H3. The first-order valence-electron chi connectivity index (χ1n) is 7.30. The summed E-state index contributed by atoms with van der Waals surface area (Å²) in [5.41, 5.74) is 2.68. The highest BCUT2D eigenvalue weighted by Crippen LogP contribution is 2.33. The van der Waals surface area contributed by atoms with Gasteiger partial charge in [0.15, 0.2) is 5.82 Å². The molecule has 1 saturated carbocycles. The van der Waals surface area contributed by atoms with E-state index in [4.69, 9.17) is 4.74 Å². The number of nitrogens with zero attached hydrogens (tertiary/aromatic N) is 4. The predicted molar refractivity (Wildman–Crippen MR) is 77.7 cm³/mol. The summed E-state index contributed by atoms with van der Waals surface area (Å²) in [7, 11) is 1.69. The van der Waals surface area contributed by atoms with E-state index >= 15 is 0 Å². The van der Waals surface area contributed by atoms with Gasteiger partial charge in [0.2, 0.25) is 0 Å². The molecule has 1 aliphatic carbocycles. The predicted octanol–water partition coefficient (Wildman–Crippen LogP) is 2.09. The molecule has 108 valence electrons. The Bertz CT molecular complexity index is 505. The maximum absolute atomic E-state index is 9.55. The van der Waals surface area contributed by atoms with E-state index in [0.717, 1.165) is 49.3 Å². The average Bonchev–Trinajstić information content (AvgIpc) is 3.31. The Kier molecular flexibility index (Phi) is 4.91. The second kappa shape index (κ2) is 6.67. The van der Waals surface area contributed by atoms with Crippen LogP contribution in [0.15, 0.2) is 0 Å². The van der Waals surface area contributed by atoms with Crippen molar-refractivity contribution in [2.24, 2.45) is 0 Å². The van der Waals surface area contributed by atoms with Crippen LogP contribution in [0.5, 0.6) is 0 Å². The summed E-state index contributed by atoms with van der Waals surface area (Å²) in [6, 6.07) is 2.83. The molecule has 1 aliphatic rings. The lowest BCUT2D eigenvalue weighted by Crippen LogP contribution is -2.31. The normalized spacial score (nSPS) is 14.1. The van der Waals surface area contributed by atoms with Gasteiger partial charge in [0.05, 0.1) is 12.3 Å². The summed E-state index contributed by atoms with van der Waals surface area (Å²) >= 11 is 0. The maximum Gasteiger partial charge on any atom is 0.169 e. The first-order chi connectivity index (χ1) is 9.76. The first-order valence-corrected chi connectivity index (χ1v) is 7.30. The third-order valence-electron chi connectivity index (χ3n) is 3.74.